The Morgan fingerprint density at radius 3 is 2.41 bits per heavy atom. The van der Waals surface area contributed by atoms with Gasteiger partial charge in [-0.05, 0) is 45.6 Å². The summed E-state index contributed by atoms with van der Waals surface area (Å²) in [5.74, 6) is 1.98. The lowest BCUT2D eigenvalue weighted by Gasteiger charge is -2.12. The van der Waals surface area contributed by atoms with E-state index in [0.29, 0.717) is 0 Å². The van der Waals surface area contributed by atoms with Crippen LogP contribution in [0.5, 0.6) is 0 Å². The van der Waals surface area contributed by atoms with Gasteiger partial charge in [0, 0.05) is 11.6 Å². The number of hydrogen-bond donors (Lipinski definition) is 1. The van der Waals surface area contributed by atoms with Gasteiger partial charge in [-0.15, -0.1) is 6.58 Å². The molecule has 2 N–H and O–H groups in total. The summed E-state index contributed by atoms with van der Waals surface area (Å²) in [5.41, 5.74) is 8.68. The fraction of sp³-hybridized carbons (Fsp3) is 0.600. The summed E-state index contributed by atoms with van der Waals surface area (Å²) in [7, 11) is 0. The van der Waals surface area contributed by atoms with Crippen LogP contribution >= 0.6 is 0 Å². The van der Waals surface area contributed by atoms with Crippen molar-refractivity contribution in [2.45, 2.75) is 58.9 Å². The van der Waals surface area contributed by atoms with Crippen molar-refractivity contribution in [3.05, 3.63) is 35.3 Å². The van der Waals surface area contributed by atoms with Crippen LogP contribution in [0.3, 0.4) is 0 Å². The second-order valence-corrected chi connectivity index (χ2v) is 4.79. The normalized spacial score (nSPS) is 12.7. The Hall–Kier alpha value is -1.02. The number of aryl methyl sites for hydroxylation is 2. The number of nitrogens with two attached hydrogens (primary N) is 1. The van der Waals surface area contributed by atoms with Crippen molar-refractivity contribution < 1.29 is 4.42 Å². The third-order valence-electron chi connectivity index (χ3n) is 3.41. The summed E-state index contributed by atoms with van der Waals surface area (Å²) in [4.78, 5) is 0. The Bertz CT molecular complexity index is 365. The highest BCUT2D eigenvalue weighted by molar-refractivity contribution is 5.33. The van der Waals surface area contributed by atoms with E-state index in [-0.39, 0.29) is 6.04 Å². The van der Waals surface area contributed by atoms with E-state index in [9.17, 15) is 0 Å². The highest BCUT2D eigenvalue weighted by atomic mass is 16.3. The molecule has 0 radical (unpaired) electrons. The van der Waals surface area contributed by atoms with Crippen LogP contribution in [0.25, 0.3) is 0 Å². The molecule has 0 amide bonds. The standard InChI is InChI=1S/C15H25NO/c1-5-6-7-8-9-10-14(16)15-11(2)12(3)17-13(15)4/h5,14H,1,6-10,16H2,2-4H3. The van der Waals surface area contributed by atoms with E-state index in [1.54, 1.807) is 0 Å². The molecule has 96 valence electrons. The van der Waals surface area contributed by atoms with Crippen LogP contribution in [0.1, 0.15) is 60.8 Å². The highest BCUT2D eigenvalue weighted by Crippen LogP contribution is 2.28. The molecule has 2 nitrogen and oxygen atoms in total. The number of furan rings is 1. The van der Waals surface area contributed by atoms with Crippen molar-refractivity contribution in [2.75, 3.05) is 0 Å². The van der Waals surface area contributed by atoms with E-state index < -0.39 is 0 Å². The molecular weight excluding hydrogens is 210 g/mol. The van der Waals surface area contributed by atoms with E-state index in [1.807, 2.05) is 19.9 Å². The van der Waals surface area contributed by atoms with Crippen molar-refractivity contribution in [1.82, 2.24) is 0 Å². The van der Waals surface area contributed by atoms with Crippen LogP contribution in [0.15, 0.2) is 17.1 Å². The quantitative estimate of drug-likeness (QED) is 0.564. The number of rotatable bonds is 7. The van der Waals surface area contributed by atoms with E-state index in [4.69, 9.17) is 10.2 Å². The number of unbranched alkanes of at least 4 members (excludes halogenated alkanes) is 3. The van der Waals surface area contributed by atoms with Crippen molar-refractivity contribution in [2.24, 2.45) is 5.73 Å². The van der Waals surface area contributed by atoms with Gasteiger partial charge in [-0.25, -0.2) is 0 Å². The zero-order valence-corrected chi connectivity index (χ0v) is 11.4. The first kappa shape index (κ1) is 14.0. The van der Waals surface area contributed by atoms with Gasteiger partial charge in [-0.3, -0.25) is 0 Å². The molecular formula is C15H25NO. The molecule has 1 rings (SSSR count). The summed E-state index contributed by atoms with van der Waals surface area (Å²) in [6.45, 7) is 9.84. The largest absolute Gasteiger partial charge is 0.466 e. The predicted molar refractivity (Wildman–Crippen MR) is 73.1 cm³/mol. The van der Waals surface area contributed by atoms with Crippen LogP contribution in [-0.4, -0.2) is 0 Å². The molecule has 1 heterocycles. The Morgan fingerprint density at radius 1 is 1.18 bits per heavy atom. The SMILES string of the molecule is C=CCCCCCC(N)c1c(C)oc(C)c1C. The number of hydrogen-bond acceptors (Lipinski definition) is 2. The van der Waals surface area contributed by atoms with Crippen molar-refractivity contribution in [3.63, 3.8) is 0 Å². The molecule has 0 aliphatic rings. The topological polar surface area (TPSA) is 39.2 Å². The van der Waals surface area contributed by atoms with Gasteiger partial charge >= 0.3 is 0 Å². The minimum absolute atomic E-state index is 0.121. The summed E-state index contributed by atoms with van der Waals surface area (Å²) < 4.78 is 5.62. The summed E-state index contributed by atoms with van der Waals surface area (Å²) in [5, 5.41) is 0. The molecule has 0 fully saturated rings. The number of allylic oxidation sites excluding steroid dienone is 1. The van der Waals surface area contributed by atoms with Crippen LogP contribution in [0, 0.1) is 20.8 Å². The van der Waals surface area contributed by atoms with Crippen molar-refractivity contribution in [3.8, 4) is 0 Å². The van der Waals surface area contributed by atoms with E-state index in [1.165, 1.54) is 30.4 Å². The first-order valence-electron chi connectivity index (χ1n) is 6.51. The van der Waals surface area contributed by atoms with Crippen LogP contribution < -0.4 is 5.73 Å². The van der Waals surface area contributed by atoms with Gasteiger partial charge in [-0.2, -0.15) is 0 Å². The maximum Gasteiger partial charge on any atom is 0.106 e. The molecule has 1 atom stereocenters. The van der Waals surface area contributed by atoms with Crippen LogP contribution in [-0.2, 0) is 0 Å². The second-order valence-electron chi connectivity index (χ2n) is 4.79. The molecule has 17 heavy (non-hydrogen) atoms. The maximum atomic E-state index is 6.24. The summed E-state index contributed by atoms with van der Waals surface area (Å²) >= 11 is 0. The molecule has 0 aliphatic carbocycles. The average Bonchev–Trinajstić information content (AvgIpc) is 2.53. The van der Waals surface area contributed by atoms with Gasteiger partial charge in [0.1, 0.15) is 11.5 Å². The van der Waals surface area contributed by atoms with E-state index in [0.717, 1.165) is 24.4 Å². The lowest BCUT2D eigenvalue weighted by molar-refractivity contribution is 0.491. The minimum Gasteiger partial charge on any atom is -0.466 e. The van der Waals surface area contributed by atoms with Gasteiger partial charge < -0.3 is 10.2 Å². The van der Waals surface area contributed by atoms with Gasteiger partial charge in [0.25, 0.3) is 0 Å². The summed E-state index contributed by atoms with van der Waals surface area (Å²) in [6.07, 6.45) is 7.76. The molecule has 0 saturated carbocycles. The Morgan fingerprint density at radius 2 is 1.88 bits per heavy atom. The zero-order valence-electron chi connectivity index (χ0n) is 11.4. The third-order valence-corrected chi connectivity index (χ3v) is 3.41. The molecule has 1 unspecified atom stereocenters. The molecule has 0 bridgehead atoms. The fourth-order valence-corrected chi connectivity index (χ4v) is 2.33. The Balaban J connectivity index is 2.46. The molecule has 0 spiro atoms. The molecule has 2 heteroatoms. The van der Waals surface area contributed by atoms with Crippen molar-refractivity contribution in [1.29, 1.82) is 0 Å². The van der Waals surface area contributed by atoms with Gasteiger partial charge in [0.05, 0.1) is 0 Å². The van der Waals surface area contributed by atoms with Gasteiger partial charge in [0.2, 0.25) is 0 Å². The van der Waals surface area contributed by atoms with Gasteiger partial charge in [0.15, 0.2) is 0 Å². The molecule has 1 aromatic heterocycles. The highest BCUT2D eigenvalue weighted by Gasteiger charge is 2.17. The predicted octanol–water partition coefficient (Wildman–Crippen LogP) is 4.34. The lowest BCUT2D eigenvalue weighted by Crippen LogP contribution is -2.11. The van der Waals surface area contributed by atoms with Crippen LogP contribution in [0.4, 0.5) is 0 Å². The zero-order chi connectivity index (χ0) is 12.8. The van der Waals surface area contributed by atoms with Crippen molar-refractivity contribution >= 4 is 0 Å². The summed E-state index contributed by atoms with van der Waals surface area (Å²) in [6, 6.07) is 0.121. The van der Waals surface area contributed by atoms with Gasteiger partial charge in [-0.1, -0.05) is 18.9 Å². The third kappa shape index (κ3) is 3.74. The molecule has 1 aromatic rings. The van der Waals surface area contributed by atoms with E-state index >= 15 is 0 Å². The minimum atomic E-state index is 0.121. The lowest BCUT2D eigenvalue weighted by atomic mass is 9.97. The Kier molecular flexibility index (Phi) is 5.49. The van der Waals surface area contributed by atoms with E-state index in [2.05, 4.69) is 13.5 Å². The smallest absolute Gasteiger partial charge is 0.106 e. The average molecular weight is 235 g/mol. The monoisotopic (exact) mass is 235 g/mol. The first-order chi connectivity index (χ1) is 8.07. The molecule has 0 aromatic carbocycles. The molecule has 0 saturated heterocycles. The second kappa shape index (κ2) is 6.65. The molecule has 0 aliphatic heterocycles. The fourth-order valence-electron chi connectivity index (χ4n) is 2.33. The maximum absolute atomic E-state index is 6.24. The first-order valence-corrected chi connectivity index (χ1v) is 6.51. The Labute approximate surface area is 105 Å². The van der Waals surface area contributed by atoms with Crippen LogP contribution in [0.2, 0.25) is 0 Å².